The standard InChI is InChI=1S/C16H18ClN3O2S/c17-15-6-2-1-5-13(15)8-10-23(21,22)18-11-14-12-20-9-4-3-7-16(20)19-14/h1-2,5-6,8,10,12,18H,3-4,7,9,11H2/b10-8+. The van der Waals surface area contributed by atoms with Crippen LogP contribution in [0, 0.1) is 0 Å². The number of hydrogen-bond acceptors (Lipinski definition) is 3. The van der Waals surface area contributed by atoms with E-state index in [9.17, 15) is 8.42 Å². The smallest absolute Gasteiger partial charge is 0.234 e. The van der Waals surface area contributed by atoms with Crippen molar-refractivity contribution < 1.29 is 8.42 Å². The van der Waals surface area contributed by atoms with Crippen molar-refractivity contribution in [1.82, 2.24) is 14.3 Å². The molecule has 2 aromatic rings. The van der Waals surface area contributed by atoms with Gasteiger partial charge in [-0.05, 0) is 30.5 Å². The Bertz CT molecular complexity index is 804. The molecule has 23 heavy (non-hydrogen) atoms. The number of hydrogen-bond donors (Lipinski definition) is 1. The zero-order valence-corrected chi connectivity index (χ0v) is 14.1. The molecule has 3 rings (SSSR count). The first-order chi connectivity index (χ1) is 11.0. The molecule has 1 aromatic carbocycles. The molecular formula is C16H18ClN3O2S. The third-order valence-electron chi connectivity index (χ3n) is 3.74. The molecule has 1 aromatic heterocycles. The first-order valence-electron chi connectivity index (χ1n) is 7.51. The van der Waals surface area contributed by atoms with Gasteiger partial charge in [-0.1, -0.05) is 29.8 Å². The summed E-state index contributed by atoms with van der Waals surface area (Å²) < 4.78 is 28.8. The van der Waals surface area contributed by atoms with Gasteiger partial charge in [0.1, 0.15) is 5.82 Å². The Morgan fingerprint density at radius 2 is 2.13 bits per heavy atom. The van der Waals surface area contributed by atoms with Crippen LogP contribution >= 0.6 is 11.6 Å². The Morgan fingerprint density at radius 3 is 2.91 bits per heavy atom. The normalized spacial score (nSPS) is 15.0. The highest BCUT2D eigenvalue weighted by Gasteiger charge is 2.13. The van der Waals surface area contributed by atoms with Crippen molar-refractivity contribution in [2.75, 3.05) is 0 Å². The van der Waals surface area contributed by atoms with Crippen molar-refractivity contribution >= 4 is 27.7 Å². The van der Waals surface area contributed by atoms with E-state index in [4.69, 9.17) is 11.6 Å². The van der Waals surface area contributed by atoms with Crippen LogP contribution in [0.4, 0.5) is 0 Å². The Balaban J connectivity index is 1.65. The molecule has 1 N–H and O–H groups in total. The maximum absolute atomic E-state index is 12.1. The van der Waals surface area contributed by atoms with Gasteiger partial charge in [-0.15, -0.1) is 0 Å². The van der Waals surface area contributed by atoms with Gasteiger partial charge in [0, 0.05) is 29.6 Å². The molecular weight excluding hydrogens is 334 g/mol. The Hall–Kier alpha value is -1.63. The van der Waals surface area contributed by atoms with E-state index in [1.807, 2.05) is 6.20 Å². The van der Waals surface area contributed by atoms with Crippen LogP contribution in [-0.2, 0) is 29.5 Å². The molecule has 0 spiro atoms. The molecule has 0 atom stereocenters. The van der Waals surface area contributed by atoms with Gasteiger partial charge >= 0.3 is 0 Å². The quantitative estimate of drug-likeness (QED) is 0.900. The fourth-order valence-electron chi connectivity index (χ4n) is 2.55. The summed E-state index contributed by atoms with van der Waals surface area (Å²) >= 11 is 6.00. The Labute approximate surface area is 141 Å². The van der Waals surface area contributed by atoms with Crippen molar-refractivity contribution in [3.63, 3.8) is 0 Å². The molecule has 0 amide bonds. The van der Waals surface area contributed by atoms with Gasteiger partial charge in [0.05, 0.1) is 12.2 Å². The molecule has 0 unspecified atom stereocenters. The highest BCUT2D eigenvalue weighted by atomic mass is 35.5. The second-order valence-corrected chi connectivity index (χ2v) is 7.55. The Kier molecular flexibility index (Phi) is 4.84. The van der Waals surface area contributed by atoms with Crippen LogP contribution in [0.1, 0.15) is 29.9 Å². The van der Waals surface area contributed by atoms with E-state index >= 15 is 0 Å². The lowest BCUT2D eigenvalue weighted by molar-refractivity contribution is 0.522. The van der Waals surface area contributed by atoms with Crippen LogP contribution in [0.5, 0.6) is 0 Å². The van der Waals surface area contributed by atoms with Crippen LogP contribution < -0.4 is 4.72 Å². The number of nitrogens with one attached hydrogen (secondary N) is 1. The summed E-state index contributed by atoms with van der Waals surface area (Å²) in [4.78, 5) is 4.48. The van der Waals surface area contributed by atoms with E-state index in [-0.39, 0.29) is 6.54 Å². The molecule has 0 fully saturated rings. The topological polar surface area (TPSA) is 64.0 Å². The van der Waals surface area contributed by atoms with Crippen molar-refractivity contribution in [2.24, 2.45) is 0 Å². The van der Waals surface area contributed by atoms with Gasteiger partial charge < -0.3 is 4.57 Å². The number of aryl methyl sites for hydroxylation is 2. The van der Waals surface area contributed by atoms with Crippen molar-refractivity contribution in [3.05, 3.63) is 58.0 Å². The number of benzene rings is 1. The fourth-order valence-corrected chi connectivity index (χ4v) is 3.52. The lowest BCUT2D eigenvalue weighted by Crippen LogP contribution is -2.20. The number of fused-ring (bicyclic) bond motifs is 1. The minimum atomic E-state index is -3.53. The summed E-state index contributed by atoms with van der Waals surface area (Å²) in [7, 11) is -3.53. The SMILES string of the molecule is O=S(=O)(/C=C/c1ccccc1Cl)NCc1cn2c(n1)CCCC2. The summed E-state index contributed by atoms with van der Waals surface area (Å²) in [6, 6.07) is 7.09. The third-order valence-corrected chi connectivity index (χ3v) is 5.13. The lowest BCUT2D eigenvalue weighted by Gasteiger charge is -2.11. The van der Waals surface area contributed by atoms with E-state index in [1.54, 1.807) is 24.3 Å². The zero-order chi connectivity index (χ0) is 16.3. The van der Waals surface area contributed by atoms with Crippen molar-refractivity contribution in [1.29, 1.82) is 0 Å². The number of imidazole rings is 1. The van der Waals surface area contributed by atoms with Gasteiger partial charge in [-0.3, -0.25) is 0 Å². The van der Waals surface area contributed by atoms with Crippen LogP contribution in [0.25, 0.3) is 6.08 Å². The number of aromatic nitrogens is 2. The number of halogens is 1. The van der Waals surface area contributed by atoms with E-state index in [1.165, 1.54) is 6.08 Å². The largest absolute Gasteiger partial charge is 0.335 e. The first kappa shape index (κ1) is 16.2. The second kappa shape index (κ2) is 6.86. The zero-order valence-electron chi connectivity index (χ0n) is 12.6. The minimum absolute atomic E-state index is 0.190. The van der Waals surface area contributed by atoms with Crippen LogP contribution in [-0.4, -0.2) is 18.0 Å². The molecule has 2 heterocycles. The molecule has 0 saturated carbocycles. The molecule has 1 aliphatic heterocycles. The highest BCUT2D eigenvalue weighted by molar-refractivity contribution is 7.92. The Morgan fingerprint density at radius 1 is 1.30 bits per heavy atom. The van der Waals surface area contributed by atoms with Gasteiger partial charge in [0.25, 0.3) is 0 Å². The van der Waals surface area contributed by atoms with Gasteiger partial charge in [0.15, 0.2) is 0 Å². The molecule has 0 aliphatic carbocycles. The second-order valence-electron chi connectivity index (χ2n) is 5.49. The van der Waals surface area contributed by atoms with E-state index in [0.29, 0.717) is 10.6 Å². The van der Waals surface area contributed by atoms with Crippen molar-refractivity contribution in [3.8, 4) is 0 Å². The van der Waals surface area contributed by atoms with Gasteiger partial charge in [0.2, 0.25) is 10.0 Å². The summed E-state index contributed by atoms with van der Waals surface area (Å²) in [5.41, 5.74) is 1.41. The van der Waals surface area contributed by atoms with Crippen LogP contribution in [0.15, 0.2) is 35.9 Å². The summed E-state index contributed by atoms with van der Waals surface area (Å²) in [6.07, 6.45) is 6.66. The van der Waals surface area contributed by atoms with Crippen LogP contribution in [0.3, 0.4) is 0 Å². The number of nitrogens with zero attached hydrogens (tertiary/aromatic N) is 2. The van der Waals surface area contributed by atoms with E-state index < -0.39 is 10.0 Å². The van der Waals surface area contributed by atoms with Gasteiger partial charge in [-0.2, -0.15) is 0 Å². The monoisotopic (exact) mass is 351 g/mol. The molecule has 122 valence electrons. The van der Waals surface area contributed by atoms with E-state index in [2.05, 4.69) is 14.3 Å². The molecule has 0 bridgehead atoms. The summed E-state index contributed by atoms with van der Waals surface area (Å²) in [5, 5.41) is 1.64. The molecule has 7 heteroatoms. The number of sulfonamides is 1. The summed E-state index contributed by atoms with van der Waals surface area (Å²) in [5.74, 6) is 1.04. The molecule has 5 nitrogen and oxygen atoms in total. The average Bonchev–Trinajstić information content (AvgIpc) is 2.95. The molecule has 0 radical (unpaired) electrons. The predicted molar refractivity (Wildman–Crippen MR) is 91.4 cm³/mol. The third kappa shape index (κ3) is 4.22. The highest BCUT2D eigenvalue weighted by Crippen LogP contribution is 2.17. The predicted octanol–water partition coefficient (Wildman–Crippen LogP) is 2.96. The average molecular weight is 352 g/mol. The molecule has 1 aliphatic rings. The van der Waals surface area contributed by atoms with Crippen molar-refractivity contribution in [2.45, 2.75) is 32.4 Å². The van der Waals surface area contributed by atoms with Gasteiger partial charge in [-0.25, -0.2) is 18.1 Å². The number of rotatable bonds is 5. The minimum Gasteiger partial charge on any atom is -0.335 e. The molecule has 0 saturated heterocycles. The maximum Gasteiger partial charge on any atom is 0.234 e. The van der Waals surface area contributed by atoms with E-state index in [0.717, 1.165) is 42.7 Å². The summed E-state index contributed by atoms with van der Waals surface area (Å²) in [6.45, 7) is 1.15. The first-order valence-corrected chi connectivity index (χ1v) is 9.43. The fraction of sp³-hybridized carbons (Fsp3) is 0.312. The maximum atomic E-state index is 12.1. The van der Waals surface area contributed by atoms with Crippen LogP contribution in [0.2, 0.25) is 5.02 Å². The lowest BCUT2D eigenvalue weighted by atomic mass is 10.2.